The molecule has 1 aliphatic heterocycles. The van der Waals surface area contributed by atoms with Gasteiger partial charge in [-0.1, -0.05) is 17.7 Å². The zero-order valence-corrected chi connectivity index (χ0v) is 13.9. The lowest BCUT2D eigenvalue weighted by molar-refractivity contribution is 0.602. The third kappa shape index (κ3) is 2.27. The highest BCUT2D eigenvalue weighted by Crippen LogP contribution is 2.35. The fourth-order valence-electron chi connectivity index (χ4n) is 3.37. The van der Waals surface area contributed by atoms with Gasteiger partial charge in [0.05, 0.1) is 23.2 Å². The van der Waals surface area contributed by atoms with Gasteiger partial charge in [-0.05, 0) is 24.3 Å². The number of nitrogens with one attached hydrogen (secondary N) is 1. The van der Waals surface area contributed by atoms with Gasteiger partial charge < -0.3 is 9.88 Å². The summed E-state index contributed by atoms with van der Waals surface area (Å²) in [5.41, 5.74) is 3.89. The number of imidazole rings is 1. The number of hydrogen-bond donors (Lipinski definition) is 1. The highest BCUT2D eigenvalue weighted by Gasteiger charge is 2.34. The molecule has 7 nitrogen and oxygen atoms in total. The Bertz CT molecular complexity index is 1040. The zero-order chi connectivity index (χ0) is 16.8. The number of pyridine rings is 1. The van der Waals surface area contributed by atoms with Crippen molar-refractivity contribution in [3.8, 4) is 0 Å². The van der Waals surface area contributed by atoms with Gasteiger partial charge in [0, 0.05) is 31.1 Å². The van der Waals surface area contributed by atoms with Gasteiger partial charge in [0.2, 0.25) is 5.95 Å². The monoisotopic (exact) mass is 351 g/mol. The first-order chi connectivity index (χ1) is 12.3. The number of H-pyrrole nitrogens is 1. The first kappa shape index (κ1) is 14.4. The Kier molecular flexibility index (Phi) is 3.21. The molecule has 124 valence electrons. The molecule has 0 amide bonds. The average Bonchev–Trinajstić information content (AvgIpc) is 3.29. The molecule has 1 unspecified atom stereocenters. The molecule has 1 N–H and O–H groups in total. The first-order valence-electron chi connectivity index (χ1n) is 8.01. The Morgan fingerprint density at radius 3 is 2.84 bits per heavy atom. The van der Waals surface area contributed by atoms with Crippen molar-refractivity contribution in [2.75, 3.05) is 11.4 Å². The molecule has 5 rings (SSSR count). The number of anilines is 1. The predicted octanol–water partition coefficient (Wildman–Crippen LogP) is 2.65. The van der Waals surface area contributed by atoms with Crippen LogP contribution in [-0.2, 0) is 6.42 Å². The maximum atomic E-state index is 6.28. The summed E-state index contributed by atoms with van der Waals surface area (Å²) in [6.45, 7) is 0.783. The Hall–Kier alpha value is -2.93. The summed E-state index contributed by atoms with van der Waals surface area (Å²) in [7, 11) is 0. The number of aromatic amines is 1. The van der Waals surface area contributed by atoms with Gasteiger partial charge in [-0.2, -0.15) is 5.10 Å². The maximum Gasteiger partial charge on any atom is 0.226 e. The molecule has 0 fully saturated rings. The van der Waals surface area contributed by atoms with Crippen LogP contribution in [0.5, 0.6) is 0 Å². The Labute approximate surface area is 148 Å². The lowest BCUT2D eigenvalue weighted by Gasteiger charge is -2.33. The van der Waals surface area contributed by atoms with Crippen LogP contribution in [-0.4, -0.2) is 36.1 Å². The molecular weight excluding hydrogens is 338 g/mol. The summed E-state index contributed by atoms with van der Waals surface area (Å²) in [4.78, 5) is 18.8. The fourth-order valence-corrected chi connectivity index (χ4v) is 3.57. The molecule has 1 aliphatic rings. The standard InChI is InChI=1S/C17H14ClN7/c18-14-4-1-3-11-9-13(23-25(11)14)16-15-12(21-10-22-15)5-8-24(16)17-19-6-2-7-20-17/h1-4,6-7,9-10,16H,5,8H2,(H,21,22). The molecule has 0 aliphatic carbocycles. The second-order valence-electron chi connectivity index (χ2n) is 5.92. The highest BCUT2D eigenvalue weighted by atomic mass is 35.5. The summed E-state index contributed by atoms with van der Waals surface area (Å²) in [5, 5.41) is 5.30. The predicted molar refractivity (Wildman–Crippen MR) is 93.7 cm³/mol. The molecule has 0 saturated carbocycles. The van der Waals surface area contributed by atoms with Crippen LogP contribution in [0.25, 0.3) is 5.52 Å². The van der Waals surface area contributed by atoms with Crippen molar-refractivity contribution in [3.63, 3.8) is 0 Å². The van der Waals surface area contributed by atoms with Crippen molar-refractivity contribution >= 4 is 23.1 Å². The molecule has 0 aromatic carbocycles. The van der Waals surface area contributed by atoms with E-state index in [4.69, 9.17) is 16.7 Å². The van der Waals surface area contributed by atoms with Gasteiger partial charge in [-0.25, -0.2) is 19.5 Å². The van der Waals surface area contributed by atoms with Crippen LogP contribution in [0, 0.1) is 0 Å². The molecule has 0 radical (unpaired) electrons. The molecule has 1 atom stereocenters. The number of aromatic nitrogens is 6. The number of halogens is 1. The van der Waals surface area contributed by atoms with Crippen molar-refractivity contribution in [2.24, 2.45) is 0 Å². The average molecular weight is 352 g/mol. The van der Waals surface area contributed by atoms with Crippen LogP contribution >= 0.6 is 11.6 Å². The minimum Gasteiger partial charge on any atom is -0.348 e. The van der Waals surface area contributed by atoms with E-state index < -0.39 is 0 Å². The van der Waals surface area contributed by atoms with E-state index in [1.165, 1.54) is 0 Å². The van der Waals surface area contributed by atoms with E-state index in [9.17, 15) is 0 Å². The van der Waals surface area contributed by atoms with Crippen LogP contribution in [0.3, 0.4) is 0 Å². The second-order valence-corrected chi connectivity index (χ2v) is 6.30. The molecule has 0 spiro atoms. The first-order valence-corrected chi connectivity index (χ1v) is 8.39. The molecule has 4 aromatic heterocycles. The molecular formula is C17H14ClN7. The zero-order valence-electron chi connectivity index (χ0n) is 13.2. The van der Waals surface area contributed by atoms with E-state index in [0.29, 0.717) is 11.1 Å². The Morgan fingerprint density at radius 1 is 1.12 bits per heavy atom. The van der Waals surface area contributed by atoms with Gasteiger partial charge in [0.1, 0.15) is 11.2 Å². The topological polar surface area (TPSA) is 75.0 Å². The SMILES string of the molecule is Clc1cccc2cc(C3c4nc[nH]c4CCN3c3ncccn3)nn12. The lowest BCUT2D eigenvalue weighted by Crippen LogP contribution is -2.37. The third-order valence-electron chi connectivity index (χ3n) is 4.47. The van der Waals surface area contributed by atoms with Crippen LogP contribution in [0.1, 0.15) is 23.1 Å². The number of fused-ring (bicyclic) bond motifs is 2. The molecule has 0 saturated heterocycles. The van der Waals surface area contributed by atoms with Gasteiger partial charge in [0.25, 0.3) is 0 Å². The molecule has 5 heterocycles. The largest absolute Gasteiger partial charge is 0.348 e. The smallest absolute Gasteiger partial charge is 0.226 e. The normalized spacial score (nSPS) is 17.0. The third-order valence-corrected chi connectivity index (χ3v) is 4.76. The van der Waals surface area contributed by atoms with Gasteiger partial charge in [0.15, 0.2) is 0 Å². The molecule has 25 heavy (non-hydrogen) atoms. The summed E-state index contributed by atoms with van der Waals surface area (Å²) in [6, 6.07) is 9.42. The van der Waals surface area contributed by atoms with E-state index in [-0.39, 0.29) is 6.04 Å². The fraction of sp³-hybridized carbons (Fsp3) is 0.176. The van der Waals surface area contributed by atoms with Crippen LogP contribution in [0.15, 0.2) is 49.1 Å². The number of rotatable bonds is 2. The number of nitrogens with zero attached hydrogens (tertiary/aromatic N) is 6. The lowest BCUT2D eigenvalue weighted by atomic mass is 10.0. The minimum atomic E-state index is -0.159. The van der Waals surface area contributed by atoms with E-state index in [1.54, 1.807) is 23.2 Å². The van der Waals surface area contributed by atoms with E-state index in [1.807, 2.05) is 30.3 Å². The molecule has 8 heteroatoms. The van der Waals surface area contributed by atoms with Crippen molar-refractivity contribution in [1.29, 1.82) is 0 Å². The van der Waals surface area contributed by atoms with E-state index in [2.05, 4.69) is 24.8 Å². The molecule has 0 bridgehead atoms. The van der Waals surface area contributed by atoms with Crippen molar-refractivity contribution < 1.29 is 0 Å². The minimum absolute atomic E-state index is 0.159. The van der Waals surface area contributed by atoms with E-state index >= 15 is 0 Å². The quantitative estimate of drug-likeness (QED) is 0.562. The summed E-state index contributed by atoms with van der Waals surface area (Å²) < 4.78 is 1.74. The van der Waals surface area contributed by atoms with Crippen molar-refractivity contribution in [1.82, 2.24) is 29.5 Å². The van der Waals surface area contributed by atoms with Gasteiger partial charge >= 0.3 is 0 Å². The van der Waals surface area contributed by atoms with Gasteiger partial charge in [-0.15, -0.1) is 0 Å². The highest BCUT2D eigenvalue weighted by molar-refractivity contribution is 6.29. The summed E-state index contributed by atoms with van der Waals surface area (Å²) in [6.07, 6.45) is 6.09. The van der Waals surface area contributed by atoms with Crippen LogP contribution < -0.4 is 4.90 Å². The van der Waals surface area contributed by atoms with Crippen LogP contribution in [0.4, 0.5) is 5.95 Å². The van der Waals surface area contributed by atoms with Gasteiger partial charge in [-0.3, -0.25) is 0 Å². The number of hydrogen-bond acceptors (Lipinski definition) is 5. The maximum absolute atomic E-state index is 6.28. The van der Waals surface area contributed by atoms with E-state index in [0.717, 1.165) is 35.6 Å². The Morgan fingerprint density at radius 2 is 2.00 bits per heavy atom. The summed E-state index contributed by atoms with van der Waals surface area (Å²) >= 11 is 6.28. The Balaban J connectivity index is 1.70. The van der Waals surface area contributed by atoms with Crippen molar-refractivity contribution in [2.45, 2.75) is 12.5 Å². The molecule has 4 aromatic rings. The second kappa shape index (κ2) is 5.56. The van der Waals surface area contributed by atoms with Crippen LogP contribution in [0.2, 0.25) is 5.15 Å². The summed E-state index contributed by atoms with van der Waals surface area (Å²) in [5.74, 6) is 0.671. The van der Waals surface area contributed by atoms with Crippen molar-refractivity contribution in [3.05, 3.63) is 71.3 Å².